The van der Waals surface area contributed by atoms with Gasteiger partial charge in [0.1, 0.15) is 0 Å². The first-order valence-corrected chi connectivity index (χ1v) is 18.6. The number of aryl methyl sites for hydroxylation is 1. The average molecular weight is 652 g/mol. The Kier molecular flexibility index (Phi) is 13.1. The molecule has 1 fully saturated rings. The molecule has 2 aromatic rings. The molecule has 3 aliphatic rings. The summed E-state index contributed by atoms with van der Waals surface area (Å²) in [6, 6.07) is 13.1. The van der Waals surface area contributed by atoms with Crippen molar-refractivity contribution in [3.63, 3.8) is 0 Å². The number of unbranched alkanes of at least 4 members (excludes halogenated alkanes) is 3. The van der Waals surface area contributed by atoms with Crippen LogP contribution in [0.1, 0.15) is 97.6 Å². The third-order valence-corrected chi connectivity index (χ3v) is 10.7. The van der Waals surface area contributed by atoms with Crippen molar-refractivity contribution in [2.24, 2.45) is 11.3 Å². The standard InChI is InChI=1S/C38H41N.C10H20/c1-27-23-24-29-18-13-15-20-31(29)35(27)37(3,4)28(2)17-11-9-8-10-12-22-34-38(5,6)36-32-21-16-14-19-30(32)25-26-33(36)39(34)7;1-4-6-7-8-9-10(3)5-2/h8-24,26,30H,2,25H2,1,3-7H3;3-9H2,1-2H3/b9-8+,12-10+,17-11+,34-22+;. The lowest BCUT2D eigenvalue weighted by Gasteiger charge is -2.29. The normalized spacial score (nSPS) is 19.2. The third kappa shape index (κ3) is 8.74. The van der Waals surface area contributed by atoms with Crippen molar-refractivity contribution in [2.75, 3.05) is 7.05 Å². The molecule has 0 aromatic heterocycles. The van der Waals surface area contributed by atoms with Crippen molar-refractivity contribution < 1.29 is 0 Å². The van der Waals surface area contributed by atoms with Crippen molar-refractivity contribution in [3.8, 4) is 0 Å². The van der Waals surface area contributed by atoms with E-state index in [2.05, 4.69) is 183 Å². The molecule has 49 heavy (non-hydrogen) atoms. The molecule has 2 aromatic carbocycles. The highest BCUT2D eigenvalue weighted by molar-refractivity contribution is 5.88. The van der Waals surface area contributed by atoms with E-state index in [1.165, 1.54) is 82.1 Å². The topological polar surface area (TPSA) is 3.24 Å². The Morgan fingerprint density at radius 1 is 0.939 bits per heavy atom. The van der Waals surface area contributed by atoms with Gasteiger partial charge >= 0.3 is 0 Å². The molecule has 0 radical (unpaired) electrons. The fraction of sp³-hybridized carbons (Fsp3) is 0.375. The minimum atomic E-state index is -0.169. The molecule has 0 amide bonds. The fourth-order valence-electron chi connectivity index (χ4n) is 7.60. The Balaban J connectivity index is 0.000000471. The first-order chi connectivity index (χ1) is 23.4. The first kappa shape index (κ1) is 37.7. The summed E-state index contributed by atoms with van der Waals surface area (Å²) >= 11 is 0. The van der Waals surface area contributed by atoms with Crippen molar-refractivity contribution >= 4 is 10.8 Å². The van der Waals surface area contributed by atoms with E-state index in [-0.39, 0.29) is 10.8 Å². The maximum Gasteiger partial charge on any atom is 0.0410 e. The highest BCUT2D eigenvalue weighted by Crippen LogP contribution is 2.54. The second-order valence-electron chi connectivity index (χ2n) is 14.9. The smallest absolute Gasteiger partial charge is 0.0410 e. The summed E-state index contributed by atoms with van der Waals surface area (Å²) in [5.74, 6) is 0.510. The molecule has 2 aliphatic carbocycles. The van der Waals surface area contributed by atoms with E-state index in [4.69, 9.17) is 0 Å². The molecule has 1 unspecified atom stereocenters. The van der Waals surface area contributed by atoms with Crippen LogP contribution in [0.5, 0.6) is 0 Å². The third-order valence-electron chi connectivity index (χ3n) is 10.7. The largest absolute Gasteiger partial charge is 0.347 e. The van der Waals surface area contributed by atoms with Crippen molar-refractivity contribution in [1.82, 2.24) is 4.90 Å². The summed E-state index contributed by atoms with van der Waals surface area (Å²) < 4.78 is 0. The maximum absolute atomic E-state index is 4.45. The predicted molar refractivity (Wildman–Crippen MR) is 218 cm³/mol. The average Bonchev–Trinajstić information content (AvgIpc) is 3.29. The zero-order chi connectivity index (χ0) is 35.6. The molecule has 1 saturated heterocycles. The quantitative estimate of drug-likeness (QED) is 0.125. The molecule has 1 aliphatic heterocycles. The number of likely N-dealkylation sites (tertiary alicyclic amines) is 1. The Hall–Kier alpha value is -4.10. The maximum atomic E-state index is 4.45. The van der Waals surface area contributed by atoms with Gasteiger partial charge in [0.05, 0.1) is 0 Å². The van der Waals surface area contributed by atoms with Crippen LogP contribution < -0.4 is 0 Å². The van der Waals surface area contributed by atoms with Crippen LogP contribution in [0, 0.1) is 18.3 Å². The number of nitrogens with zero attached hydrogens (tertiary/aromatic N) is 1. The van der Waals surface area contributed by atoms with Crippen molar-refractivity contribution in [3.05, 3.63) is 167 Å². The molecule has 0 spiro atoms. The highest BCUT2D eigenvalue weighted by Gasteiger charge is 2.44. The molecule has 1 heteroatoms. The summed E-state index contributed by atoms with van der Waals surface area (Å²) in [7, 11) is 2.20. The summed E-state index contributed by atoms with van der Waals surface area (Å²) in [6.45, 7) is 24.3. The molecule has 5 rings (SSSR count). The molecule has 1 heterocycles. The molecule has 258 valence electrons. The van der Waals surface area contributed by atoms with Crippen LogP contribution in [0.15, 0.2) is 156 Å². The second-order valence-corrected chi connectivity index (χ2v) is 14.9. The number of likely N-dealkylation sites (N-methyl/N-ethyl adjacent to an activating group) is 1. The zero-order valence-corrected chi connectivity index (χ0v) is 31.8. The van der Waals surface area contributed by atoms with Crippen LogP contribution >= 0.6 is 0 Å². The summed E-state index contributed by atoms with van der Waals surface area (Å²) in [5, 5.41) is 2.58. The van der Waals surface area contributed by atoms with Crippen LogP contribution in [0.4, 0.5) is 0 Å². The number of hydrogen-bond donors (Lipinski definition) is 0. The molecule has 0 bridgehead atoms. The van der Waals surface area contributed by atoms with Crippen LogP contribution in [-0.2, 0) is 5.41 Å². The molecule has 0 saturated carbocycles. The predicted octanol–water partition coefficient (Wildman–Crippen LogP) is 13.8. The van der Waals surface area contributed by atoms with Crippen LogP contribution in [0.3, 0.4) is 0 Å². The van der Waals surface area contributed by atoms with E-state index in [9.17, 15) is 0 Å². The van der Waals surface area contributed by atoms with E-state index < -0.39 is 0 Å². The number of benzene rings is 2. The fourth-order valence-corrected chi connectivity index (χ4v) is 7.60. The zero-order valence-electron chi connectivity index (χ0n) is 31.8. The lowest BCUT2D eigenvalue weighted by molar-refractivity contribution is 0.467. The molecular formula is C48H61N. The monoisotopic (exact) mass is 651 g/mol. The van der Waals surface area contributed by atoms with Crippen molar-refractivity contribution in [2.45, 2.75) is 98.8 Å². The lowest BCUT2D eigenvalue weighted by atomic mass is 9.73. The van der Waals surface area contributed by atoms with E-state index in [0.29, 0.717) is 5.92 Å². The van der Waals surface area contributed by atoms with Gasteiger partial charge in [-0.15, -0.1) is 0 Å². The molecule has 1 nitrogen and oxygen atoms in total. The van der Waals surface area contributed by atoms with Gasteiger partial charge < -0.3 is 4.90 Å². The Labute approximate surface area is 299 Å². The van der Waals surface area contributed by atoms with Crippen LogP contribution in [0.2, 0.25) is 0 Å². The van der Waals surface area contributed by atoms with Crippen LogP contribution in [-0.4, -0.2) is 11.9 Å². The van der Waals surface area contributed by atoms with Crippen molar-refractivity contribution in [1.29, 1.82) is 0 Å². The van der Waals surface area contributed by atoms with Gasteiger partial charge in [0, 0.05) is 35.2 Å². The molecule has 0 N–H and O–H groups in total. The highest BCUT2D eigenvalue weighted by atomic mass is 15.2. The van der Waals surface area contributed by atoms with Gasteiger partial charge in [-0.3, -0.25) is 0 Å². The van der Waals surface area contributed by atoms with Gasteiger partial charge in [0.15, 0.2) is 0 Å². The Morgan fingerprint density at radius 2 is 1.67 bits per heavy atom. The summed E-state index contributed by atoms with van der Waals surface area (Å²) in [4.78, 5) is 2.38. The number of rotatable bonds is 12. The van der Waals surface area contributed by atoms with E-state index in [1.54, 1.807) is 0 Å². The van der Waals surface area contributed by atoms with Gasteiger partial charge in [0.2, 0.25) is 0 Å². The van der Waals surface area contributed by atoms with Gasteiger partial charge in [0.25, 0.3) is 0 Å². The second kappa shape index (κ2) is 17.0. The molecular weight excluding hydrogens is 591 g/mol. The number of hydrogen-bond acceptors (Lipinski definition) is 1. The van der Waals surface area contributed by atoms with Crippen LogP contribution in [0.25, 0.3) is 10.8 Å². The SMILES string of the molecule is C=C(/C=C/C=C/C=C/C=C1/N(C)C2=CCC3C=CC=CC3=C2C1(C)C)C(C)(C)c1c(C)ccc2ccccc12.C=C(CC)CCCCCC. The Bertz CT molecular complexity index is 1750. The number of fused-ring (bicyclic) bond motifs is 3. The van der Waals surface area contributed by atoms with Gasteiger partial charge in [-0.25, -0.2) is 0 Å². The van der Waals surface area contributed by atoms with E-state index in [0.717, 1.165) is 18.4 Å². The first-order valence-electron chi connectivity index (χ1n) is 18.6. The lowest BCUT2D eigenvalue weighted by Crippen LogP contribution is -2.20. The number of allylic oxidation sites excluding steroid dienone is 17. The van der Waals surface area contributed by atoms with E-state index >= 15 is 0 Å². The van der Waals surface area contributed by atoms with Gasteiger partial charge in [-0.05, 0) is 77.3 Å². The minimum absolute atomic E-state index is 0.0267. The molecule has 1 atom stereocenters. The van der Waals surface area contributed by atoms with E-state index in [1.807, 2.05) is 0 Å². The van der Waals surface area contributed by atoms with Gasteiger partial charge in [-0.2, -0.15) is 0 Å². The minimum Gasteiger partial charge on any atom is -0.347 e. The van der Waals surface area contributed by atoms with Gasteiger partial charge in [-0.1, -0.05) is 183 Å². The Morgan fingerprint density at radius 3 is 2.43 bits per heavy atom. The summed E-state index contributed by atoms with van der Waals surface area (Å²) in [5.41, 5.74) is 10.6. The summed E-state index contributed by atoms with van der Waals surface area (Å²) in [6.07, 6.45) is 35.3.